The van der Waals surface area contributed by atoms with E-state index in [2.05, 4.69) is 200 Å². The molecule has 9 aromatic carbocycles. The number of fused-ring (bicyclic) bond motifs is 6. The summed E-state index contributed by atoms with van der Waals surface area (Å²) in [5, 5.41) is 4.16. The lowest BCUT2D eigenvalue weighted by atomic mass is 9.96. The quantitative estimate of drug-likeness (QED) is 0.152. The van der Waals surface area contributed by atoms with Gasteiger partial charge in [-0.05, 0) is 74.8 Å². The molecule has 0 fully saturated rings. The summed E-state index contributed by atoms with van der Waals surface area (Å²) in [5.74, 6) is 1.30. The van der Waals surface area contributed by atoms with Gasteiger partial charge in [0.25, 0.3) is 0 Å². The van der Waals surface area contributed by atoms with Gasteiger partial charge in [-0.15, -0.1) is 11.3 Å². The van der Waals surface area contributed by atoms with Gasteiger partial charge < -0.3 is 4.42 Å². The number of furan rings is 1. The Kier molecular flexibility index (Phi) is 9.62. The van der Waals surface area contributed by atoms with Crippen molar-refractivity contribution in [3.8, 4) is 89.8 Å². The fourth-order valence-corrected chi connectivity index (χ4v) is 10.5. The van der Waals surface area contributed by atoms with Gasteiger partial charge in [0.05, 0.1) is 16.8 Å². The van der Waals surface area contributed by atoms with Crippen LogP contribution in [0.15, 0.2) is 235 Å². The average Bonchev–Trinajstić information content (AvgIpc) is 4.00. The highest BCUT2D eigenvalue weighted by Crippen LogP contribution is 2.41. The minimum atomic E-state index is 0.564. The molecular formula is C62H38N4OS. The fraction of sp³-hybridized carbons (Fsp3) is 0. The van der Waals surface area contributed by atoms with Crippen molar-refractivity contribution in [3.05, 3.63) is 231 Å². The van der Waals surface area contributed by atoms with Crippen molar-refractivity contribution in [1.29, 1.82) is 0 Å². The minimum Gasteiger partial charge on any atom is -0.438 e. The summed E-state index contributed by atoms with van der Waals surface area (Å²) >= 11 is 1.71. The standard InChI is InChI=1S/C62H38N4OS/c1-3-14-39(15-4-1)41-28-32-43(33-29-41)57-55-51-24-7-9-26-53(51)67-61(55)65-59(63-57)49-22-12-20-47(37-49)45-18-11-19-46(36-45)48-21-13-23-50(38-48)60-64-58(56-52-25-8-10-27-54(52)68-62(56)66-60)44-34-30-42(31-35-44)40-16-5-2-6-17-40/h1-38H. The first kappa shape index (κ1) is 39.5. The summed E-state index contributed by atoms with van der Waals surface area (Å²) in [5.41, 5.74) is 16.0. The zero-order chi connectivity index (χ0) is 45.0. The van der Waals surface area contributed by atoms with Crippen LogP contribution in [0, 0.1) is 0 Å². The highest BCUT2D eigenvalue weighted by molar-refractivity contribution is 7.25. The molecule has 13 aromatic rings. The molecule has 0 N–H and O–H groups in total. The summed E-state index contributed by atoms with van der Waals surface area (Å²) in [6.07, 6.45) is 0. The number of benzene rings is 9. The summed E-state index contributed by atoms with van der Waals surface area (Å²) in [7, 11) is 0. The second-order valence-electron chi connectivity index (χ2n) is 17.0. The Hall–Kier alpha value is -8.84. The van der Waals surface area contributed by atoms with Crippen LogP contribution in [0.2, 0.25) is 0 Å². The minimum absolute atomic E-state index is 0.564. The molecule has 0 atom stereocenters. The van der Waals surface area contributed by atoms with Gasteiger partial charge in [-0.1, -0.05) is 200 Å². The maximum atomic E-state index is 6.41. The van der Waals surface area contributed by atoms with Crippen molar-refractivity contribution >= 4 is 53.7 Å². The largest absolute Gasteiger partial charge is 0.438 e. The summed E-state index contributed by atoms with van der Waals surface area (Å²) in [4.78, 5) is 21.9. The number of rotatable bonds is 8. The van der Waals surface area contributed by atoms with E-state index >= 15 is 0 Å². The number of hydrogen-bond donors (Lipinski definition) is 0. The molecular weight excluding hydrogens is 849 g/mol. The van der Waals surface area contributed by atoms with E-state index in [1.807, 2.05) is 30.3 Å². The molecule has 5 nitrogen and oxygen atoms in total. The second-order valence-corrected chi connectivity index (χ2v) is 18.0. The summed E-state index contributed by atoms with van der Waals surface area (Å²) in [6, 6.07) is 80.6. The average molecular weight is 887 g/mol. The van der Waals surface area contributed by atoms with E-state index in [1.54, 1.807) is 11.3 Å². The van der Waals surface area contributed by atoms with Gasteiger partial charge in [-0.3, -0.25) is 0 Å². The van der Waals surface area contributed by atoms with Crippen LogP contribution < -0.4 is 0 Å². The monoisotopic (exact) mass is 886 g/mol. The molecule has 6 heteroatoms. The van der Waals surface area contributed by atoms with Gasteiger partial charge >= 0.3 is 0 Å². The number of aromatic nitrogens is 4. The van der Waals surface area contributed by atoms with Crippen LogP contribution >= 0.6 is 11.3 Å². The molecule has 0 aliphatic heterocycles. The molecule has 0 saturated heterocycles. The van der Waals surface area contributed by atoms with E-state index in [9.17, 15) is 0 Å². The highest BCUT2D eigenvalue weighted by Gasteiger charge is 2.20. The summed E-state index contributed by atoms with van der Waals surface area (Å²) < 4.78 is 7.61. The molecule has 0 spiro atoms. The van der Waals surface area contributed by atoms with Crippen molar-refractivity contribution in [2.45, 2.75) is 0 Å². The molecule has 318 valence electrons. The maximum Gasteiger partial charge on any atom is 0.231 e. The van der Waals surface area contributed by atoms with E-state index in [0.717, 1.165) is 88.0 Å². The lowest BCUT2D eigenvalue weighted by Crippen LogP contribution is -1.94. The van der Waals surface area contributed by atoms with Crippen LogP contribution in [-0.2, 0) is 0 Å². The van der Waals surface area contributed by atoms with Gasteiger partial charge in [-0.2, -0.15) is 4.98 Å². The Morgan fingerprint density at radius 2 is 0.706 bits per heavy atom. The lowest BCUT2D eigenvalue weighted by Gasteiger charge is -2.11. The topological polar surface area (TPSA) is 64.7 Å². The van der Waals surface area contributed by atoms with Gasteiger partial charge in [-0.25, -0.2) is 15.0 Å². The molecule has 0 amide bonds. The predicted molar refractivity (Wildman–Crippen MR) is 281 cm³/mol. The van der Waals surface area contributed by atoms with Crippen LogP contribution in [0.4, 0.5) is 0 Å². The highest BCUT2D eigenvalue weighted by atomic mass is 32.1. The molecule has 0 aliphatic rings. The zero-order valence-electron chi connectivity index (χ0n) is 36.5. The van der Waals surface area contributed by atoms with Crippen molar-refractivity contribution in [2.24, 2.45) is 0 Å². The van der Waals surface area contributed by atoms with Crippen LogP contribution in [0.3, 0.4) is 0 Å². The molecule has 4 aromatic heterocycles. The Morgan fingerprint density at radius 1 is 0.294 bits per heavy atom. The SMILES string of the molecule is c1ccc(-c2ccc(-c3nc(-c4cccc(-c5cccc(-c6cccc(-c7nc(-c8ccc(-c9ccccc9)cc8)c8c(n7)sc7ccccc78)c6)c5)c4)nc4oc5ccccc5c34)cc2)cc1. The normalized spacial score (nSPS) is 11.5. The molecule has 0 unspecified atom stereocenters. The molecule has 68 heavy (non-hydrogen) atoms. The first-order chi connectivity index (χ1) is 33.7. The molecule has 0 saturated carbocycles. The number of para-hydroxylation sites is 1. The smallest absolute Gasteiger partial charge is 0.231 e. The number of thiophene rings is 1. The summed E-state index contributed by atoms with van der Waals surface area (Å²) in [6.45, 7) is 0. The van der Waals surface area contributed by atoms with Crippen LogP contribution in [-0.4, -0.2) is 19.9 Å². The van der Waals surface area contributed by atoms with Crippen molar-refractivity contribution in [3.63, 3.8) is 0 Å². The fourth-order valence-electron chi connectivity index (χ4n) is 9.38. The van der Waals surface area contributed by atoms with Crippen molar-refractivity contribution < 1.29 is 4.42 Å². The first-order valence-corrected chi connectivity index (χ1v) is 23.5. The van der Waals surface area contributed by atoms with Crippen molar-refractivity contribution in [1.82, 2.24) is 19.9 Å². The molecule has 4 heterocycles. The number of hydrogen-bond acceptors (Lipinski definition) is 6. The Labute approximate surface area is 396 Å². The maximum absolute atomic E-state index is 6.41. The van der Waals surface area contributed by atoms with E-state index in [0.29, 0.717) is 17.4 Å². The first-order valence-electron chi connectivity index (χ1n) is 22.7. The third-order valence-electron chi connectivity index (χ3n) is 12.8. The molecule has 0 bridgehead atoms. The van der Waals surface area contributed by atoms with Crippen LogP contribution in [0.25, 0.3) is 132 Å². The molecule has 0 aliphatic carbocycles. The third-order valence-corrected chi connectivity index (χ3v) is 13.8. The van der Waals surface area contributed by atoms with Crippen molar-refractivity contribution in [2.75, 3.05) is 0 Å². The van der Waals surface area contributed by atoms with Gasteiger partial charge in [0.15, 0.2) is 11.6 Å². The van der Waals surface area contributed by atoms with E-state index in [1.165, 1.54) is 26.8 Å². The van der Waals surface area contributed by atoms with Crippen LogP contribution in [0.5, 0.6) is 0 Å². The Morgan fingerprint density at radius 3 is 1.28 bits per heavy atom. The lowest BCUT2D eigenvalue weighted by molar-refractivity contribution is 0.653. The van der Waals surface area contributed by atoms with Gasteiger partial charge in [0.2, 0.25) is 5.71 Å². The van der Waals surface area contributed by atoms with E-state index < -0.39 is 0 Å². The molecule has 0 radical (unpaired) electrons. The third kappa shape index (κ3) is 7.12. The van der Waals surface area contributed by atoms with Gasteiger partial charge in [0.1, 0.15) is 10.4 Å². The number of nitrogens with zero attached hydrogens (tertiary/aromatic N) is 4. The molecule has 13 rings (SSSR count). The van der Waals surface area contributed by atoms with E-state index in [4.69, 9.17) is 24.4 Å². The second kappa shape index (κ2) is 16.5. The van der Waals surface area contributed by atoms with Crippen LogP contribution in [0.1, 0.15) is 0 Å². The predicted octanol–water partition coefficient (Wildman–Crippen LogP) is 16.9. The Balaban J connectivity index is 0.859. The Bertz CT molecular complexity index is 3750. The zero-order valence-corrected chi connectivity index (χ0v) is 37.4. The van der Waals surface area contributed by atoms with E-state index in [-0.39, 0.29) is 0 Å². The van der Waals surface area contributed by atoms with Gasteiger partial charge in [0, 0.05) is 43.1 Å².